The number of carbonyl (C=O) groups is 2. The standard InChI is InChI=1S/C23H27N5O4/c1-6-16(27-22(30)32-23(2,3)4)11-28-12-17(18-19(24)25-13-26-20(18)28)14-7-9-15(10-8-14)21(29)31-5/h6-10,12-13,16H,1,11H2,2-5H3,(H,27,30)(H2,24,25,26). The fourth-order valence-electron chi connectivity index (χ4n) is 3.26. The zero-order chi connectivity index (χ0) is 23.5. The molecular weight excluding hydrogens is 410 g/mol. The normalized spacial score (nSPS) is 12.2. The summed E-state index contributed by atoms with van der Waals surface area (Å²) in [5, 5.41) is 3.48. The lowest BCUT2D eigenvalue weighted by atomic mass is 10.0. The number of nitrogens with one attached hydrogen (secondary N) is 1. The molecule has 0 aliphatic rings. The summed E-state index contributed by atoms with van der Waals surface area (Å²) in [6.45, 7) is 9.57. The number of fused-ring (bicyclic) bond motifs is 1. The quantitative estimate of drug-likeness (QED) is 0.447. The molecule has 0 aliphatic heterocycles. The minimum atomic E-state index is -0.610. The Hall–Kier alpha value is -3.88. The summed E-state index contributed by atoms with van der Waals surface area (Å²) in [4.78, 5) is 32.5. The van der Waals surface area contributed by atoms with Crippen LogP contribution in [0.4, 0.5) is 10.6 Å². The number of amides is 1. The lowest BCUT2D eigenvalue weighted by Gasteiger charge is -2.22. The van der Waals surface area contributed by atoms with Crippen molar-refractivity contribution in [2.75, 3.05) is 12.8 Å². The average Bonchev–Trinajstić information content (AvgIpc) is 3.11. The number of carbonyl (C=O) groups excluding carboxylic acids is 2. The third kappa shape index (κ3) is 5.05. The van der Waals surface area contributed by atoms with Gasteiger partial charge in [0.2, 0.25) is 0 Å². The van der Waals surface area contributed by atoms with Crippen LogP contribution in [0.5, 0.6) is 0 Å². The molecule has 3 aromatic rings. The summed E-state index contributed by atoms with van der Waals surface area (Å²) in [6, 6.07) is 6.57. The summed E-state index contributed by atoms with van der Waals surface area (Å²) in [7, 11) is 1.34. The molecule has 0 fully saturated rings. The van der Waals surface area contributed by atoms with E-state index in [0.29, 0.717) is 29.0 Å². The van der Waals surface area contributed by atoms with E-state index in [1.165, 1.54) is 13.4 Å². The van der Waals surface area contributed by atoms with E-state index in [9.17, 15) is 9.59 Å². The summed E-state index contributed by atoms with van der Waals surface area (Å²) in [6.07, 6.45) is 4.37. The van der Waals surface area contributed by atoms with Crippen molar-refractivity contribution in [2.45, 2.75) is 39.0 Å². The van der Waals surface area contributed by atoms with Crippen LogP contribution in [-0.4, -0.2) is 45.4 Å². The van der Waals surface area contributed by atoms with Crippen LogP contribution in [0.25, 0.3) is 22.2 Å². The maximum absolute atomic E-state index is 12.2. The van der Waals surface area contributed by atoms with Crippen LogP contribution < -0.4 is 11.1 Å². The van der Waals surface area contributed by atoms with E-state index in [-0.39, 0.29) is 0 Å². The van der Waals surface area contributed by atoms with Crippen LogP contribution in [0.3, 0.4) is 0 Å². The number of nitrogens with two attached hydrogens (primary N) is 1. The van der Waals surface area contributed by atoms with E-state index >= 15 is 0 Å². The van der Waals surface area contributed by atoms with Gasteiger partial charge in [-0.3, -0.25) is 0 Å². The molecule has 2 aromatic heterocycles. The third-order valence-corrected chi connectivity index (χ3v) is 4.68. The molecule has 32 heavy (non-hydrogen) atoms. The van der Waals surface area contributed by atoms with Gasteiger partial charge in [0.1, 0.15) is 23.4 Å². The smallest absolute Gasteiger partial charge is 0.408 e. The molecule has 0 radical (unpaired) electrons. The molecule has 0 saturated heterocycles. The Labute approximate surface area is 186 Å². The van der Waals surface area contributed by atoms with Crippen molar-refractivity contribution in [1.29, 1.82) is 0 Å². The first-order valence-electron chi connectivity index (χ1n) is 10.0. The Bertz CT molecular complexity index is 1150. The molecular formula is C23H27N5O4. The highest BCUT2D eigenvalue weighted by Gasteiger charge is 2.21. The first-order valence-corrected chi connectivity index (χ1v) is 10.0. The van der Waals surface area contributed by atoms with Gasteiger partial charge < -0.3 is 25.1 Å². The number of nitrogens with zero attached hydrogens (tertiary/aromatic N) is 3. The Morgan fingerprint density at radius 2 is 1.94 bits per heavy atom. The molecule has 2 heterocycles. The number of anilines is 1. The monoisotopic (exact) mass is 437 g/mol. The van der Waals surface area contributed by atoms with E-state index in [2.05, 4.69) is 21.9 Å². The fraction of sp³-hybridized carbons (Fsp3) is 0.304. The number of hydrogen-bond acceptors (Lipinski definition) is 7. The molecule has 3 rings (SSSR count). The lowest BCUT2D eigenvalue weighted by molar-refractivity contribution is 0.0510. The number of aromatic nitrogens is 3. The van der Waals surface area contributed by atoms with Gasteiger partial charge in [-0.1, -0.05) is 18.2 Å². The molecule has 1 unspecified atom stereocenters. The highest BCUT2D eigenvalue weighted by molar-refractivity contribution is 6.01. The Morgan fingerprint density at radius 1 is 1.25 bits per heavy atom. The van der Waals surface area contributed by atoms with Crippen LogP contribution in [0, 0.1) is 0 Å². The van der Waals surface area contributed by atoms with Crippen LogP contribution in [-0.2, 0) is 16.0 Å². The molecule has 9 nitrogen and oxygen atoms in total. The Morgan fingerprint density at radius 3 is 2.53 bits per heavy atom. The Balaban J connectivity index is 1.95. The SMILES string of the molecule is C=CC(Cn1cc(-c2ccc(C(=O)OC)cc2)c2c(N)ncnc21)NC(=O)OC(C)(C)C. The van der Waals surface area contributed by atoms with Crippen molar-refractivity contribution < 1.29 is 19.1 Å². The molecule has 9 heteroatoms. The summed E-state index contributed by atoms with van der Waals surface area (Å²) in [5.41, 5.74) is 8.25. The molecule has 0 bridgehead atoms. The lowest BCUT2D eigenvalue weighted by Crippen LogP contribution is -2.40. The number of methoxy groups -OCH3 is 1. The fourth-order valence-corrected chi connectivity index (χ4v) is 3.26. The van der Waals surface area contributed by atoms with Crippen molar-refractivity contribution >= 4 is 28.9 Å². The van der Waals surface area contributed by atoms with Gasteiger partial charge in [0, 0.05) is 18.3 Å². The van der Waals surface area contributed by atoms with Crippen molar-refractivity contribution in [3.63, 3.8) is 0 Å². The highest BCUT2D eigenvalue weighted by atomic mass is 16.6. The predicted molar refractivity (Wildman–Crippen MR) is 122 cm³/mol. The first-order chi connectivity index (χ1) is 15.1. The van der Waals surface area contributed by atoms with E-state index in [4.69, 9.17) is 15.2 Å². The highest BCUT2D eigenvalue weighted by Crippen LogP contribution is 2.33. The van der Waals surface area contributed by atoms with Gasteiger partial charge >= 0.3 is 12.1 Å². The minimum absolute atomic E-state index is 0.330. The summed E-state index contributed by atoms with van der Waals surface area (Å²) >= 11 is 0. The maximum Gasteiger partial charge on any atom is 0.408 e. The molecule has 0 saturated carbocycles. The Kier molecular flexibility index (Phi) is 6.47. The molecule has 3 N–H and O–H groups in total. The summed E-state index contributed by atoms with van der Waals surface area (Å²) < 4.78 is 12.0. The zero-order valence-electron chi connectivity index (χ0n) is 18.6. The second-order valence-corrected chi connectivity index (χ2v) is 8.21. The van der Waals surface area contributed by atoms with Gasteiger partial charge in [-0.25, -0.2) is 19.6 Å². The number of rotatable bonds is 6. The first kappa shape index (κ1) is 22.8. The predicted octanol–water partition coefficient (Wildman–Crippen LogP) is 3.55. The van der Waals surface area contributed by atoms with Gasteiger partial charge in [-0.05, 0) is 38.5 Å². The van der Waals surface area contributed by atoms with Gasteiger partial charge in [0.15, 0.2) is 0 Å². The topological polar surface area (TPSA) is 121 Å². The number of benzene rings is 1. The molecule has 1 amide bonds. The van der Waals surface area contributed by atoms with E-state index in [0.717, 1.165) is 11.1 Å². The molecule has 168 valence electrons. The number of esters is 1. The largest absolute Gasteiger partial charge is 0.465 e. The summed E-state index contributed by atoms with van der Waals surface area (Å²) in [5.74, 6) is -0.0834. The van der Waals surface area contributed by atoms with Crippen molar-refractivity contribution in [3.8, 4) is 11.1 Å². The molecule has 0 aliphatic carbocycles. The van der Waals surface area contributed by atoms with Crippen LogP contribution in [0.1, 0.15) is 31.1 Å². The average molecular weight is 438 g/mol. The van der Waals surface area contributed by atoms with Crippen molar-refractivity contribution in [1.82, 2.24) is 19.9 Å². The molecule has 1 atom stereocenters. The second-order valence-electron chi connectivity index (χ2n) is 8.21. The van der Waals surface area contributed by atoms with Crippen molar-refractivity contribution in [2.24, 2.45) is 0 Å². The third-order valence-electron chi connectivity index (χ3n) is 4.68. The van der Waals surface area contributed by atoms with Gasteiger partial charge in [-0.2, -0.15) is 0 Å². The van der Waals surface area contributed by atoms with Gasteiger partial charge in [0.05, 0.1) is 24.1 Å². The van der Waals surface area contributed by atoms with E-state index in [1.54, 1.807) is 39.0 Å². The number of ether oxygens (including phenoxy) is 2. The van der Waals surface area contributed by atoms with Gasteiger partial charge in [0.25, 0.3) is 0 Å². The minimum Gasteiger partial charge on any atom is -0.465 e. The zero-order valence-corrected chi connectivity index (χ0v) is 18.6. The van der Waals surface area contributed by atoms with Gasteiger partial charge in [-0.15, -0.1) is 6.58 Å². The van der Waals surface area contributed by atoms with Crippen LogP contribution >= 0.6 is 0 Å². The van der Waals surface area contributed by atoms with Crippen LogP contribution in [0.15, 0.2) is 49.4 Å². The molecule has 0 spiro atoms. The van der Waals surface area contributed by atoms with Crippen molar-refractivity contribution in [3.05, 3.63) is 55.0 Å². The number of alkyl carbamates (subject to hydrolysis) is 1. The number of nitrogen functional groups attached to an aromatic ring is 1. The van der Waals surface area contributed by atoms with E-state index < -0.39 is 23.7 Å². The van der Waals surface area contributed by atoms with E-state index in [1.807, 2.05) is 22.9 Å². The molecule has 1 aromatic carbocycles. The van der Waals surface area contributed by atoms with Crippen LogP contribution in [0.2, 0.25) is 0 Å². The number of hydrogen-bond donors (Lipinski definition) is 2. The maximum atomic E-state index is 12.2. The second kappa shape index (κ2) is 9.09.